The molecule has 0 bridgehead atoms. The second-order valence-electron chi connectivity index (χ2n) is 7.44. The molecule has 0 fully saturated rings. The molecule has 5 nitrogen and oxygen atoms in total. The lowest BCUT2D eigenvalue weighted by Gasteiger charge is -2.33. The molecule has 1 aromatic carbocycles. The molecule has 29 heavy (non-hydrogen) atoms. The Hall–Kier alpha value is -3.03. The van der Waals surface area contributed by atoms with Crippen molar-refractivity contribution >= 4 is 5.91 Å². The molecule has 3 heterocycles. The molecule has 0 unspecified atom stereocenters. The Morgan fingerprint density at radius 2 is 1.83 bits per heavy atom. The molecular formula is C21H21F3N4O. The van der Waals surface area contributed by atoms with Crippen molar-refractivity contribution in [2.75, 3.05) is 6.54 Å². The van der Waals surface area contributed by atoms with E-state index in [0.717, 1.165) is 23.4 Å². The van der Waals surface area contributed by atoms with Crippen molar-refractivity contribution in [2.45, 2.75) is 26.3 Å². The fraction of sp³-hybridized carbons (Fsp3) is 0.333. The van der Waals surface area contributed by atoms with Crippen LogP contribution in [0.15, 0.2) is 24.4 Å². The van der Waals surface area contributed by atoms with E-state index in [4.69, 9.17) is 0 Å². The number of nitrogens with zero attached hydrogens (tertiary/aromatic N) is 4. The molecule has 3 aromatic rings. The van der Waals surface area contributed by atoms with Gasteiger partial charge in [0.2, 0.25) is 0 Å². The fourth-order valence-corrected chi connectivity index (χ4v) is 4.06. The Morgan fingerprint density at radius 1 is 1.17 bits per heavy atom. The first-order valence-corrected chi connectivity index (χ1v) is 9.34. The van der Waals surface area contributed by atoms with Gasteiger partial charge in [-0.2, -0.15) is 5.10 Å². The zero-order valence-corrected chi connectivity index (χ0v) is 16.6. The molecule has 1 atom stereocenters. The third kappa shape index (κ3) is 2.94. The molecule has 8 heteroatoms. The van der Waals surface area contributed by atoms with E-state index in [9.17, 15) is 18.0 Å². The summed E-state index contributed by atoms with van der Waals surface area (Å²) in [6, 6.07) is 3.45. The van der Waals surface area contributed by atoms with Crippen molar-refractivity contribution in [3.8, 4) is 11.3 Å². The summed E-state index contributed by atoms with van der Waals surface area (Å²) in [5.41, 5.74) is 3.78. The number of fused-ring (bicyclic) bond motifs is 1. The van der Waals surface area contributed by atoms with Gasteiger partial charge >= 0.3 is 0 Å². The molecule has 0 spiro atoms. The van der Waals surface area contributed by atoms with Crippen molar-refractivity contribution in [3.05, 3.63) is 64.4 Å². The monoisotopic (exact) mass is 402 g/mol. The average Bonchev–Trinajstić information content (AvgIpc) is 3.19. The summed E-state index contributed by atoms with van der Waals surface area (Å²) in [4.78, 5) is 14.8. The normalized spacial score (nSPS) is 16.2. The van der Waals surface area contributed by atoms with E-state index in [1.165, 1.54) is 4.68 Å². The van der Waals surface area contributed by atoms with Crippen molar-refractivity contribution in [3.63, 3.8) is 0 Å². The minimum Gasteiger partial charge on any atom is -0.354 e. The zero-order valence-electron chi connectivity index (χ0n) is 16.6. The third-order valence-electron chi connectivity index (χ3n) is 5.77. The van der Waals surface area contributed by atoms with Gasteiger partial charge in [-0.05, 0) is 38.5 Å². The maximum atomic E-state index is 13.8. The van der Waals surface area contributed by atoms with Crippen LogP contribution in [0.2, 0.25) is 0 Å². The third-order valence-corrected chi connectivity index (χ3v) is 5.77. The van der Waals surface area contributed by atoms with Crippen LogP contribution in [0.5, 0.6) is 0 Å². The largest absolute Gasteiger partial charge is 0.354 e. The minimum absolute atomic E-state index is 0.0766. The first kappa shape index (κ1) is 19.3. The lowest BCUT2D eigenvalue weighted by molar-refractivity contribution is 0.0673. The number of carbonyl (C=O) groups is 1. The maximum absolute atomic E-state index is 13.8. The molecule has 0 radical (unpaired) electrons. The lowest BCUT2D eigenvalue weighted by Crippen LogP contribution is -2.39. The average molecular weight is 402 g/mol. The highest BCUT2D eigenvalue weighted by molar-refractivity contribution is 5.96. The van der Waals surface area contributed by atoms with Crippen molar-refractivity contribution < 1.29 is 18.0 Å². The van der Waals surface area contributed by atoms with Crippen molar-refractivity contribution in [1.82, 2.24) is 19.2 Å². The highest BCUT2D eigenvalue weighted by Gasteiger charge is 2.34. The molecule has 0 N–H and O–H groups in total. The quantitative estimate of drug-likeness (QED) is 0.610. The first-order valence-electron chi connectivity index (χ1n) is 9.34. The van der Waals surface area contributed by atoms with Crippen molar-refractivity contribution in [1.29, 1.82) is 0 Å². The Labute approximate surface area is 166 Å². The molecule has 0 aliphatic carbocycles. The van der Waals surface area contributed by atoms with Gasteiger partial charge in [0.1, 0.15) is 0 Å². The smallest absolute Gasteiger partial charge is 0.256 e. The van der Waals surface area contributed by atoms with Gasteiger partial charge in [0.05, 0.1) is 23.0 Å². The molecule has 1 aliphatic heterocycles. The number of amides is 1. The molecule has 1 amide bonds. The minimum atomic E-state index is -1.49. The second kappa shape index (κ2) is 6.79. The van der Waals surface area contributed by atoms with Crippen LogP contribution in [0.1, 0.15) is 40.3 Å². The number of hydrogen-bond donors (Lipinski definition) is 0. The molecular weight excluding hydrogens is 381 g/mol. The van der Waals surface area contributed by atoms with Crippen LogP contribution in [-0.2, 0) is 20.5 Å². The van der Waals surface area contributed by atoms with Crippen LogP contribution < -0.4 is 0 Å². The van der Waals surface area contributed by atoms with Crippen LogP contribution in [0.3, 0.4) is 0 Å². The highest BCUT2D eigenvalue weighted by Crippen LogP contribution is 2.37. The summed E-state index contributed by atoms with van der Waals surface area (Å²) in [5.74, 6) is -4.05. The topological polar surface area (TPSA) is 43.1 Å². The molecule has 0 saturated heterocycles. The summed E-state index contributed by atoms with van der Waals surface area (Å²) in [6.45, 7) is 4.23. The summed E-state index contributed by atoms with van der Waals surface area (Å²) in [6.07, 6.45) is 2.33. The standard InChI is InChI=1S/C21H21F3N4O/c1-11-14(5-7-26(11)3)21(29)28-8-6-15-19(12(28)2)25-27(4)20(15)13-9-16(22)18(24)17(23)10-13/h5,7,9-10,12H,6,8H2,1-4H3/t12-/m0/s1. The lowest BCUT2D eigenvalue weighted by atomic mass is 9.95. The molecule has 0 saturated carbocycles. The number of carbonyl (C=O) groups excluding carboxylic acids is 1. The highest BCUT2D eigenvalue weighted by atomic mass is 19.2. The summed E-state index contributed by atoms with van der Waals surface area (Å²) in [5, 5.41) is 4.52. The Morgan fingerprint density at radius 3 is 2.41 bits per heavy atom. The number of halogens is 3. The number of benzene rings is 1. The van der Waals surface area contributed by atoms with E-state index in [2.05, 4.69) is 5.10 Å². The van der Waals surface area contributed by atoms with Gasteiger partial charge in [-0.1, -0.05) is 0 Å². The first-order chi connectivity index (χ1) is 13.7. The van der Waals surface area contributed by atoms with Crippen LogP contribution in [-0.4, -0.2) is 31.7 Å². The van der Waals surface area contributed by atoms with E-state index < -0.39 is 17.5 Å². The van der Waals surface area contributed by atoms with Crippen LogP contribution in [0.25, 0.3) is 11.3 Å². The van der Waals surface area contributed by atoms with Crippen LogP contribution >= 0.6 is 0 Å². The van der Waals surface area contributed by atoms with Crippen LogP contribution in [0, 0.1) is 24.4 Å². The van der Waals surface area contributed by atoms with Gasteiger partial charge < -0.3 is 9.47 Å². The van der Waals surface area contributed by atoms with Gasteiger partial charge in [0, 0.05) is 43.7 Å². The van der Waals surface area contributed by atoms with E-state index in [-0.39, 0.29) is 17.5 Å². The Balaban J connectivity index is 1.73. The summed E-state index contributed by atoms with van der Waals surface area (Å²) >= 11 is 0. The van der Waals surface area contributed by atoms with Gasteiger partial charge in [-0.15, -0.1) is 0 Å². The van der Waals surface area contributed by atoms with E-state index >= 15 is 0 Å². The number of aromatic nitrogens is 3. The Bertz CT molecular complexity index is 1110. The predicted molar refractivity (Wildman–Crippen MR) is 102 cm³/mol. The molecule has 1 aliphatic rings. The SMILES string of the molecule is Cc1c(C(=O)N2CCc3c(nn(C)c3-c3cc(F)c(F)c(F)c3)[C@@H]2C)ccn1C. The summed E-state index contributed by atoms with van der Waals surface area (Å²) < 4.78 is 44.3. The molecule has 2 aromatic heterocycles. The van der Waals surface area contributed by atoms with E-state index in [1.807, 2.05) is 31.7 Å². The Kier molecular flexibility index (Phi) is 4.52. The van der Waals surface area contributed by atoms with Gasteiger partial charge in [-0.25, -0.2) is 13.2 Å². The molecule has 152 valence electrons. The predicted octanol–water partition coefficient (Wildman–Crippen LogP) is 3.91. The van der Waals surface area contributed by atoms with E-state index in [1.54, 1.807) is 18.0 Å². The second-order valence-corrected chi connectivity index (χ2v) is 7.44. The van der Waals surface area contributed by atoms with E-state index in [0.29, 0.717) is 29.9 Å². The number of rotatable bonds is 2. The van der Waals surface area contributed by atoms with Gasteiger partial charge in [-0.3, -0.25) is 9.48 Å². The van der Waals surface area contributed by atoms with Crippen molar-refractivity contribution in [2.24, 2.45) is 14.1 Å². The molecule has 4 rings (SSSR count). The van der Waals surface area contributed by atoms with Gasteiger partial charge in [0.25, 0.3) is 5.91 Å². The van der Waals surface area contributed by atoms with Gasteiger partial charge in [0.15, 0.2) is 17.5 Å². The summed E-state index contributed by atoms with van der Waals surface area (Å²) in [7, 11) is 3.56. The number of aryl methyl sites for hydroxylation is 2. The fourth-order valence-electron chi connectivity index (χ4n) is 4.06. The number of hydrogen-bond acceptors (Lipinski definition) is 2. The van der Waals surface area contributed by atoms with Crippen LogP contribution in [0.4, 0.5) is 13.2 Å². The maximum Gasteiger partial charge on any atom is 0.256 e. The zero-order chi connectivity index (χ0) is 21.0.